The maximum atomic E-state index is 5.09. The molecule has 0 aliphatic carbocycles. The molecule has 0 aromatic heterocycles. The zero-order valence-corrected chi connectivity index (χ0v) is 5.75. The SMILES string of the molecule is [B]B=BB=BB=BCC. The second kappa shape index (κ2) is 8.45. The van der Waals surface area contributed by atoms with Crippen molar-refractivity contribution in [2.45, 2.75) is 13.2 Å². The summed E-state index contributed by atoms with van der Waals surface area (Å²) in [6.45, 7) is 13.3. The third-order valence-corrected chi connectivity index (χ3v) is 0.816. The zero-order chi connectivity index (χ0) is 6.95. The Labute approximate surface area is 61.9 Å². The minimum atomic E-state index is 1.08. The fourth-order valence-corrected chi connectivity index (χ4v) is 0.407. The first-order valence-corrected chi connectivity index (χ1v) is 3.12. The van der Waals surface area contributed by atoms with Crippen LogP contribution in [0, 0.1) is 0 Å². The van der Waals surface area contributed by atoms with Gasteiger partial charge in [0.05, 0.1) is 0 Å². The van der Waals surface area contributed by atoms with E-state index >= 15 is 0 Å². The Bertz CT molecular complexity index is 123. The van der Waals surface area contributed by atoms with E-state index in [1.54, 1.807) is 6.69 Å². The van der Waals surface area contributed by atoms with Crippen LogP contribution in [-0.4, -0.2) is 48.0 Å². The van der Waals surface area contributed by atoms with Gasteiger partial charge in [0.1, 0.15) is 0 Å². The normalized spacial score (nSPS) is 7.22. The van der Waals surface area contributed by atoms with Crippen molar-refractivity contribution in [1.29, 1.82) is 0 Å². The van der Waals surface area contributed by atoms with Crippen LogP contribution in [0.15, 0.2) is 0 Å². The summed E-state index contributed by atoms with van der Waals surface area (Å²) in [5.74, 6) is 0. The van der Waals surface area contributed by atoms with Crippen molar-refractivity contribution in [3.8, 4) is 0 Å². The van der Waals surface area contributed by atoms with Crippen molar-refractivity contribution in [2.24, 2.45) is 0 Å². The number of hydrogen-bond donors (Lipinski definition) is 0. The first kappa shape index (κ1) is 9.45. The van der Waals surface area contributed by atoms with Gasteiger partial charge in [-0.2, -0.15) is 0 Å². The van der Waals surface area contributed by atoms with E-state index in [1.165, 1.54) is 6.69 Å². The summed E-state index contributed by atoms with van der Waals surface area (Å²) in [7, 11) is 5.09. The standard InChI is InChI=1S/C2H5B7/c1-2-4-6-8-9-7-5-3/h2H2,1H3. The van der Waals surface area contributed by atoms with E-state index in [9.17, 15) is 0 Å². The van der Waals surface area contributed by atoms with Crippen molar-refractivity contribution in [2.75, 3.05) is 0 Å². The van der Waals surface area contributed by atoms with Crippen molar-refractivity contribution in [1.82, 2.24) is 0 Å². The van der Waals surface area contributed by atoms with Gasteiger partial charge in [0.15, 0.2) is 0 Å². The van der Waals surface area contributed by atoms with Crippen molar-refractivity contribution >= 4 is 48.0 Å². The van der Waals surface area contributed by atoms with E-state index in [0.717, 1.165) is 6.32 Å². The monoisotopic (exact) mass is 106 g/mol. The Balaban J connectivity index is 3.35. The van der Waals surface area contributed by atoms with E-state index in [4.69, 9.17) is 7.74 Å². The van der Waals surface area contributed by atoms with Crippen LogP contribution in [-0.2, 0) is 0 Å². The molecular formula is C2H5B7. The van der Waals surface area contributed by atoms with E-state index in [1.807, 2.05) is 20.1 Å². The molecule has 2 radical (unpaired) electrons. The molecule has 0 aliphatic rings. The van der Waals surface area contributed by atoms with Gasteiger partial charge in [0, 0.05) is 0 Å². The molecule has 0 bridgehead atoms. The van der Waals surface area contributed by atoms with E-state index in [-0.39, 0.29) is 0 Å². The fraction of sp³-hybridized carbons (Fsp3) is 1.00. The molecule has 0 nitrogen and oxygen atoms in total. The Hall–Kier alpha value is 0.455. The summed E-state index contributed by atoms with van der Waals surface area (Å²) in [4.78, 5) is 0. The first-order chi connectivity index (χ1) is 4.41. The first-order valence-electron chi connectivity index (χ1n) is 3.12. The van der Waals surface area contributed by atoms with Gasteiger partial charge in [0.2, 0.25) is 0 Å². The van der Waals surface area contributed by atoms with Gasteiger partial charge in [-0.15, -0.1) is 0 Å². The molecule has 0 heterocycles. The van der Waals surface area contributed by atoms with Crippen LogP contribution in [0.3, 0.4) is 0 Å². The van der Waals surface area contributed by atoms with Gasteiger partial charge in [-0.3, -0.25) is 0 Å². The topological polar surface area (TPSA) is 0 Å². The molecule has 0 amide bonds. The summed E-state index contributed by atoms with van der Waals surface area (Å²) in [6.07, 6.45) is 1.08. The van der Waals surface area contributed by atoms with Gasteiger partial charge in [-0.25, -0.2) is 0 Å². The molecule has 0 aromatic carbocycles. The van der Waals surface area contributed by atoms with Crippen LogP contribution >= 0.6 is 0 Å². The predicted molar refractivity (Wildman–Crippen MR) is 50.8 cm³/mol. The summed E-state index contributed by atoms with van der Waals surface area (Å²) in [5.41, 5.74) is 0. The summed E-state index contributed by atoms with van der Waals surface area (Å²) >= 11 is 0. The van der Waals surface area contributed by atoms with E-state index in [0.29, 0.717) is 0 Å². The summed E-state index contributed by atoms with van der Waals surface area (Å²) in [6, 6.07) is 0. The molecular weight excluding hydrogens is 99.7 g/mol. The van der Waals surface area contributed by atoms with Crippen LogP contribution in [0.4, 0.5) is 0 Å². The number of rotatable bonds is 3. The second-order valence-electron chi connectivity index (χ2n) is 1.61. The molecule has 0 spiro atoms. The van der Waals surface area contributed by atoms with Crippen molar-refractivity contribution in [3.63, 3.8) is 0 Å². The van der Waals surface area contributed by atoms with Crippen LogP contribution in [0.25, 0.3) is 0 Å². The molecule has 0 aliphatic heterocycles. The third kappa shape index (κ3) is 8.45. The number of hydrogen-bond acceptors (Lipinski definition) is 0. The molecule has 0 aromatic rings. The van der Waals surface area contributed by atoms with Crippen molar-refractivity contribution < 1.29 is 0 Å². The molecule has 9 heavy (non-hydrogen) atoms. The summed E-state index contributed by atoms with van der Waals surface area (Å²) in [5, 5.41) is 0. The maximum absolute atomic E-state index is 5.09. The Morgan fingerprint density at radius 1 is 1.11 bits per heavy atom. The molecule has 0 unspecified atom stereocenters. The van der Waals surface area contributed by atoms with Crippen LogP contribution in [0.5, 0.6) is 0 Å². The van der Waals surface area contributed by atoms with E-state index < -0.39 is 0 Å². The molecule has 0 saturated carbocycles. The molecule has 0 N–H and O–H groups in total. The third-order valence-electron chi connectivity index (χ3n) is 0.816. The zero-order valence-electron chi connectivity index (χ0n) is 5.75. The van der Waals surface area contributed by atoms with Crippen molar-refractivity contribution in [3.05, 3.63) is 0 Å². The van der Waals surface area contributed by atoms with Gasteiger partial charge in [-0.1, -0.05) is 0 Å². The van der Waals surface area contributed by atoms with Crippen LogP contribution in [0.1, 0.15) is 6.92 Å². The van der Waals surface area contributed by atoms with Gasteiger partial charge >= 0.3 is 61.2 Å². The Kier molecular flexibility index (Phi) is 8.88. The molecule has 0 saturated heterocycles. The average molecular weight is 105 g/mol. The minimum absolute atomic E-state index is 1.08. The predicted octanol–water partition coefficient (Wildman–Crippen LogP) is -1.69. The molecule has 0 rings (SSSR count). The van der Waals surface area contributed by atoms with Crippen LogP contribution < -0.4 is 0 Å². The Morgan fingerprint density at radius 2 is 1.78 bits per heavy atom. The molecule has 7 heteroatoms. The van der Waals surface area contributed by atoms with Gasteiger partial charge in [-0.05, 0) is 0 Å². The molecule has 0 atom stereocenters. The van der Waals surface area contributed by atoms with Crippen LogP contribution in [0.2, 0.25) is 6.32 Å². The Morgan fingerprint density at radius 3 is 2.33 bits per heavy atom. The second-order valence-corrected chi connectivity index (χ2v) is 1.61. The average Bonchev–Trinajstić information content (AvgIpc) is 1.89. The van der Waals surface area contributed by atoms with Gasteiger partial charge < -0.3 is 0 Å². The molecule has 34 valence electrons. The quantitative estimate of drug-likeness (QED) is 0.375. The summed E-state index contributed by atoms with van der Waals surface area (Å²) < 4.78 is 0. The fourth-order valence-electron chi connectivity index (χ4n) is 0.407. The van der Waals surface area contributed by atoms with Gasteiger partial charge in [0.25, 0.3) is 0 Å². The molecule has 0 fully saturated rings. The van der Waals surface area contributed by atoms with E-state index in [2.05, 4.69) is 13.7 Å².